The Morgan fingerprint density at radius 2 is 1.98 bits per heavy atom. The zero-order valence-electron chi connectivity index (χ0n) is 25.5. The Balaban J connectivity index is 1.86. The molecular weight excluding hydrogens is 524 g/mol. The van der Waals surface area contributed by atoms with Crippen molar-refractivity contribution in [3.63, 3.8) is 0 Å². The first kappa shape index (κ1) is 33.5. The topological polar surface area (TPSA) is 101 Å². The largest absolute Gasteiger partial charge is 0.375 e. The van der Waals surface area contributed by atoms with Crippen molar-refractivity contribution < 1.29 is 15.3 Å². The number of likely N-dealkylation sites (tertiary alicyclic amines) is 1. The highest BCUT2D eigenvalue weighted by Crippen LogP contribution is 2.47. The minimum absolute atomic E-state index is 0.189. The van der Waals surface area contributed by atoms with Crippen molar-refractivity contribution in [2.24, 2.45) is 15.0 Å². The van der Waals surface area contributed by atoms with Crippen molar-refractivity contribution in [3.05, 3.63) is 83.3 Å². The van der Waals surface area contributed by atoms with Gasteiger partial charge in [0.2, 0.25) is 0 Å². The molecule has 0 amide bonds. The van der Waals surface area contributed by atoms with E-state index in [0.29, 0.717) is 37.2 Å². The molecule has 1 saturated heterocycles. The van der Waals surface area contributed by atoms with E-state index in [0.717, 1.165) is 63.5 Å². The molecule has 0 aromatic carbocycles. The summed E-state index contributed by atoms with van der Waals surface area (Å²) in [5.74, 6) is 0. The highest BCUT2D eigenvalue weighted by molar-refractivity contribution is 5.86. The minimum Gasteiger partial charge on any atom is -0.375 e. The number of nitrogens with zero attached hydrogens (tertiary/aromatic N) is 4. The summed E-state index contributed by atoms with van der Waals surface area (Å²) in [5.41, 5.74) is 4.68. The zero-order valence-corrected chi connectivity index (χ0v) is 25.5. The average Bonchev–Trinajstić information content (AvgIpc) is 3.47. The summed E-state index contributed by atoms with van der Waals surface area (Å²) in [4.78, 5) is 16.3. The summed E-state index contributed by atoms with van der Waals surface area (Å²) < 4.78 is 0. The number of allylic oxidation sites excluding steroid dienone is 8. The summed E-state index contributed by atoms with van der Waals surface area (Å²) in [6, 6.07) is 0. The van der Waals surface area contributed by atoms with Gasteiger partial charge in [0, 0.05) is 25.2 Å². The highest BCUT2D eigenvalue weighted by Gasteiger charge is 2.49. The van der Waals surface area contributed by atoms with Gasteiger partial charge in [-0.3, -0.25) is 19.9 Å². The van der Waals surface area contributed by atoms with Crippen LogP contribution in [0.25, 0.3) is 0 Å². The van der Waals surface area contributed by atoms with Crippen LogP contribution in [-0.2, 0) is 0 Å². The predicted molar refractivity (Wildman–Crippen MR) is 176 cm³/mol. The molecule has 1 spiro atoms. The van der Waals surface area contributed by atoms with E-state index in [2.05, 4.69) is 60.7 Å². The summed E-state index contributed by atoms with van der Waals surface area (Å²) in [5, 5.41) is 29.7. The third kappa shape index (κ3) is 9.53. The molecule has 2 atom stereocenters. The second kappa shape index (κ2) is 17.9. The molecule has 3 N–H and O–H groups in total. The molecule has 0 aromatic rings. The van der Waals surface area contributed by atoms with Crippen LogP contribution in [0.3, 0.4) is 0 Å². The quantitative estimate of drug-likeness (QED) is 0.0844. The predicted octanol–water partition coefficient (Wildman–Crippen LogP) is 6.53. The average molecular weight is 575 g/mol. The smallest absolute Gasteiger partial charge is 0.151 e. The third-order valence-electron chi connectivity index (χ3n) is 7.98. The van der Waals surface area contributed by atoms with Crippen LogP contribution in [0.2, 0.25) is 0 Å². The van der Waals surface area contributed by atoms with Crippen molar-refractivity contribution in [1.29, 1.82) is 0 Å². The molecule has 2 heterocycles. The molecule has 0 radical (unpaired) electrons. The van der Waals surface area contributed by atoms with Crippen LogP contribution in [0, 0.1) is 0 Å². The molecular formula is C35H50N4O3. The van der Waals surface area contributed by atoms with Crippen molar-refractivity contribution in [2.75, 3.05) is 13.1 Å². The molecule has 3 rings (SSSR count). The maximum Gasteiger partial charge on any atom is 0.151 e. The van der Waals surface area contributed by atoms with Crippen LogP contribution in [0.15, 0.2) is 98.3 Å². The second-order valence-corrected chi connectivity index (χ2v) is 11.0. The lowest BCUT2D eigenvalue weighted by atomic mass is 9.88. The van der Waals surface area contributed by atoms with E-state index in [1.807, 2.05) is 30.8 Å². The highest BCUT2D eigenvalue weighted by atomic mass is 16.5. The lowest BCUT2D eigenvalue weighted by molar-refractivity contribution is -0.0464. The Kier molecular flexibility index (Phi) is 14.3. The second-order valence-electron chi connectivity index (χ2n) is 11.0. The lowest BCUT2D eigenvalue weighted by Gasteiger charge is -2.39. The van der Waals surface area contributed by atoms with Crippen molar-refractivity contribution in [2.45, 2.75) is 103 Å². The van der Waals surface area contributed by atoms with E-state index in [1.165, 1.54) is 11.1 Å². The number of fused-ring (bicyclic) bond motifs is 1. The first-order valence-electron chi connectivity index (χ1n) is 15.6. The molecule has 1 fully saturated rings. The van der Waals surface area contributed by atoms with Crippen LogP contribution in [0.5, 0.6) is 0 Å². The van der Waals surface area contributed by atoms with Gasteiger partial charge >= 0.3 is 0 Å². The number of aliphatic imine (C=N–C) groups is 3. The number of aliphatic hydroxyl groups is 3. The fraction of sp³-hybridized carbons (Fsp3) is 0.514. The molecule has 228 valence electrons. The molecule has 7 nitrogen and oxygen atoms in total. The van der Waals surface area contributed by atoms with E-state index in [1.54, 1.807) is 6.08 Å². The molecule has 3 aliphatic rings. The van der Waals surface area contributed by atoms with E-state index < -0.39 is 12.5 Å². The summed E-state index contributed by atoms with van der Waals surface area (Å²) in [7, 11) is 0. The Morgan fingerprint density at radius 3 is 2.74 bits per heavy atom. The van der Waals surface area contributed by atoms with Crippen molar-refractivity contribution >= 4 is 18.6 Å². The van der Waals surface area contributed by atoms with Crippen LogP contribution >= 0.6 is 0 Å². The van der Waals surface area contributed by atoms with E-state index in [-0.39, 0.29) is 5.54 Å². The summed E-state index contributed by atoms with van der Waals surface area (Å²) >= 11 is 0. The van der Waals surface area contributed by atoms with Gasteiger partial charge in [-0.2, -0.15) is 0 Å². The fourth-order valence-electron chi connectivity index (χ4n) is 5.88. The number of hydrogen-bond donors (Lipinski definition) is 3. The monoisotopic (exact) mass is 574 g/mol. The maximum atomic E-state index is 11.5. The molecule has 42 heavy (non-hydrogen) atoms. The Hall–Kier alpha value is -2.97. The van der Waals surface area contributed by atoms with Gasteiger partial charge in [-0.1, -0.05) is 57.2 Å². The van der Waals surface area contributed by atoms with Gasteiger partial charge in [0.25, 0.3) is 0 Å². The van der Waals surface area contributed by atoms with Crippen LogP contribution in [-0.4, -0.2) is 70.0 Å². The van der Waals surface area contributed by atoms with E-state index >= 15 is 0 Å². The van der Waals surface area contributed by atoms with Gasteiger partial charge in [-0.15, -0.1) is 0 Å². The lowest BCUT2D eigenvalue weighted by Crippen LogP contribution is -2.49. The Bertz CT molecular complexity index is 1170. The minimum atomic E-state index is -1.28. The molecule has 2 aliphatic heterocycles. The Labute approximate surface area is 252 Å². The number of rotatable bonds is 16. The van der Waals surface area contributed by atoms with Gasteiger partial charge < -0.3 is 15.3 Å². The van der Waals surface area contributed by atoms with Crippen LogP contribution in [0.1, 0.15) is 84.5 Å². The van der Waals surface area contributed by atoms with Gasteiger partial charge in [0.05, 0.1) is 23.5 Å². The van der Waals surface area contributed by atoms with Crippen LogP contribution < -0.4 is 0 Å². The summed E-state index contributed by atoms with van der Waals surface area (Å²) in [6.45, 7) is 9.79. The first-order valence-corrected chi connectivity index (χ1v) is 15.6. The number of aliphatic hydroxyl groups excluding tert-OH is 2. The SMILES string of the molecule is C=CC(/N=C/C(/C=C\CCC)=C/CC)=C(\C=C\C(O)N1CCCC12CCC1=C2C=NCC=C1)/N=C/CCCCC(O)O. The molecule has 0 aromatic heterocycles. The zero-order chi connectivity index (χ0) is 30.2. The summed E-state index contributed by atoms with van der Waals surface area (Å²) in [6.07, 6.45) is 29.3. The molecule has 7 heteroatoms. The maximum absolute atomic E-state index is 11.5. The van der Waals surface area contributed by atoms with Gasteiger partial charge in [0.15, 0.2) is 6.29 Å². The van der Waals surface area contributed by atoms with Gasteiger partial charge in [-0.05, 0) is 99.2 Å². The fourth-order valence-corrected chi connectivity index (χ4v) is 5.88. The van der Waals surface area contributed by atoms with Gasteiger partial charge in [0.1, 0.15) is 6.23 Å². The number of unbranched alkanes of at least 4 members (excludes halogenated alkanes) is 3. The first-order chi connectivity index (χ1) is 20.4. The van der Waals surface area contributed by atoms with Crippen LogP contribution in [0.4, 0.5) is 0 Å². The standard InChI is InChI=1S/C35H50N4O3/c1-4-7-9-15-28(14-5-2)26-38-31(6-3)32(37-24-11-8-10-17-34(41)42)18-19-33(40)39-25-13-21-35(39)22-20-29-16-12-23-36-27-30(29)35/h6,9,12,14-16,18-19,24,26-27,33-34,40-42H,3-5,7-8,10-11,13,17,20-23,25H2,1-2H3/b15-9-,19-18+,28-14+,32-31-,37-24+,38-26+. The molecule has 2 unspecified atom stereocenters. The Morgan fingerprint density at radius 1 is 1.12 bits per heavy atom. The molecule has 0 bridgehead atoms. The normalized spacial score (nSPS) is 23.0. The van der Waals surface area contributed by atoms with E-state index in [4.69, 9.17) is 20.2 Å². The molecule has 0 saturated carbocycles. The van der Waals surface area contributed by atoms with Crippen molar-refractivity contribution in [3.8, 4) is 0 Å². The molecule has 1 aliphatic carbocycles. The van der Waals surface area contributed by atoms with Gasteiger partial charge in [-0.25, -0.2) is 0 Å². The number of hydrogen-bond acceptors (Lipinski definition) is 7. The van der Waals surface area contributed by atoms with Crippen molar-refractivity contribution in [1.82, 2.24) is 4.90 Å². The third-order valence-corrected chi connectivity index (χ3v) is 7.98. The van der Waals surface area contributed by atoms with E-state index in [9.17, 15) is 5.11 Å².